The molecule has 0 aliphatic carbocycles. The van der Waals surface area contributed by atoms with Gasteiger partial charge in [-0.25, -0.2) is 18.7 Å². The van der Waals surface area contributed by atoms with Crippen LogP contribution in [-0.4, -0.2) is 34.2 Å². The summed E-state index contributed by atoms with van der Waals surface area (Å²) in [5.41, 5.74) is 19.7. The van der Waals surface area contributed by atoms with E-state index < -0.39 is 24.2 Å². The lowest BCUT2D eigenvalue weighted by atomic mass is 9.96. The molecule has 2 nitrogen and oxygen atoms in total. The highest BCUT2D eigenvalue weighted by atomic mass is 28.3. The van der Waals surface area contributed by atoms with Gasteiger partial charge in [0.25, 0.3) is 0 Å². The zero-order valence-corrected chi connectivity index (χ0v) is 40.9. The van der Waals surface area contributed by atoms with E-state index in [0.29, 0.717) is 83.5 Å². The first-order valence-corrected chi connectivity index (χ1v) is 27.7. The van der Waals surface area contributed by atoms with Crippen LogP contribution in [-0.2, 0) is 0 Å². The van der Waals surface area contributed by atoms with Gasteiger partial charge in [-0.15, -0.1) is 16.6 Å². The normalized spacial score (nSPS) is 12.6. The Balaban J connectivity index is 2.51. The fraction of sp³-hybridized carbons (Fsp3) is 0.551. The van der Waals surface area contributed by atoms with Crippen LogP contribution in [0.3, 0.4) is 0 Å². The van der Waals surface area contributed by atoms with Gasteiger partial charge in [-0.3, -0.25) is 0 Å². The SMILES string of the molecule is CC(C)[Si](C#Cc1cc(F)ccc1-c1cc(-c2c(C#C[Si](C(C)C)(C(C)C)C(C)C)cc(F)cc2C#C[Si](C(C)C)(C(C)C)C(C)C)ncn1)(C(C)C)C(C)C. The number of halogens is 2. The summed E-state index contributed by atoms with van der Waals surface area (Å²) in [6.07, 6.45) is 1.54. The number of nitrogens with zero attached hydrogens (tertiary/aromatic N) is 2. The summed E-state index contributed by atoms with van der Waals surface area (Å²) in [5.74, 6) is 9.94. The largest absolute Gasteiger partial charge is 0.236 e. The minimum Gasteiger partial charge on any atom is -0.236 e. The van der Waals surface area contributed by atoms with Gasteiger partial charge in [-0.2, -0.15) is 0 Å². The molecule has 0 amide bonds. The molecular formula is C49H70F2N2Si3. The number of rotatable bonds is 11. The molecular weight excluding hydrogens is 739 g/mol. The first-order valence-electron chi connectivity index (χ1n) is 21.1. The quantitative estimate of drug-likeness (QED) is 0.142. The summed E-state index contributed by atoms with van der Waals surface area (Å²) in [7, 11) is -6.47. The molecule has 0 aliphatic rings. The zero-order valence-electron chi connectivity index (χ0n) is 37.9. The molecule has 0 saturated carbocycles. The average molecular weight is 809 g/mol. The van der Waals surface area contributed by atoms with Crippen LogP contribution in [0.5, 0.6) is 0 Å². The maximum atomic E-state index is 15.9. The predicted octanol–water partition coefficient (Wildman–Crippen LogP) is 14.8. The van der Waals surface area contributed by atoms with E-state index in [1.807, 2.05) is 6.07 Å². The maximum Gasteiger partial charge on any atom is 0.146 e. The van der Waals surface area contributed by atoms with Crippen molar-refractivity contribution in [3.8, 4) is 56.9 Å². The van der Waals surface area contributed by atoms with Crippen molar-refractivity contribution in [2.75, 3.05) is 0 Å². The Labute approximate surface area is 343 Å². The van der Waals surface area contributed by atoms with Crippen molar-refractivity contribution in [2.45, 2.75) is 174 Å². The van der Waals surface area contributed by atoms with Crippen molar-refractivity contribution < 1.29 is 8.78 Å². The molecule has 3 aromatic rings. The van der Waals surface area contributed by atoms with E-state index in [9.17, 15) is 0 Å². The summed E-state index contributed by atoms with van der Waals surface area (Å²) in [5, 5.41) is 0. The minimum absolute atomic E-state index is 0.340. The van der Waals surface area contributed by atoms with Crippen LogP contribution in [0.4, 0.5) is 8.78 Å². The Morgan fingerprint density at radius 2 is 0.732 bits per heavy atom. The Kier molecular flexibility index (Phi) is 16.0. The van der Waals surface area contributed by atoms with Crippen LogP contribution in [0.1, 0.15) is 141 Å². The number of benzene rings is 2. The lowest BCUT2D eigenvalue weighted by Gasteiger charge is -2.38. The van der Waals surface area contributed by atoms with E-state index >= 15 is 8.78 Å². The first kappa shape index (κ1) is 47.1. The van der Waals surface area contributed by atoms with Crippen molar-refractivity contribution in [3.63, 3.8) is 0 Å². The molecule has 0 bridgehead atoms. The van der Waals surface area contributed by atoms with Gasteiger partial charge in [-0.1, -0.05) is 142 Å². The fourth-order valence-corrected chi connectivity index (χ4v) is 26.0. The molecule has 1 heterocycles. The average Bonchev–Trinajstić information content (AvgIpc) is 3.07. The highest BCUT2D eigenvalue weighted by Crippen LogP contribution is 2.44. The van der Waals surface area contributed by atoms with Crippen molar-refractivity contribution in [1.29, 1.82) is 0 Å². The third-order valence-electron chi connectivity index (χ3n) is 13.1. The molecule has 0 N–H and O–H groups in total. The van der Waals surface area contributed by atoms with Gasteiger partial charge in [0, 0.05) is 27.8 Å². The van der Waals surface area contributed by atoms with Crippen LogP contribution in [0.2, 0.25) is 49.9 Å². The number of aromatic nitrogens is 2. The monoisotopic (exact) mass is 808 g/mol. The number of hydrogen-bond acceptors (Lipinski definition) is 2. The van der Waals surface area contributed by atoms with Crippen molar-refractivity contribution >= 4 is 24.2 Å². The standard InChI is InChI=1S/C49H70F2N2Si3/c1-32(2)54(33(3)4,34(5)6)24-21-41-27-44(50)19-20-46(41)47-30-48(53-31-52-47)49-42(22-25-55(35(7)8,36(9)10)37(11)12)28-45(51)29-43(49)23-26-56(38(13)14,39(15)16)40(17)18/h19-20,27-40H,1-18H3. The molecule has 56 heavy (non-hydrogen) atoms. The van der Waals surface area contributed by atoms with Gasteiger partial charge in [0.2, 0.25) is 0 Å². The molecule has 0 aliphatic heterocycles. The Morgan fingerprint density at radius 1 is 0.411 bits per heavy atom. The maximum absolute atomic E-state index is 15.9. The minimum atomic E-state index is -2.18. The lowest BCUT2D eigenvalue weighted by Crippen LogP contribution is -2.43. The van der Waals surface area contributed by atoms with E-state index in [0.717, 1.165) is 5.56 Å². The second-order valence-electron chi connectivity index (χ2n) is 18.8. The zero-order chi connectivity index (χ0) is 42.5. The molecule has 0 fully saturated rings. The Morgan fingerprint density at radius 3 is 1.09 bits per heavy atom. The van der Waals surface area contributed by atoms with Gasteiger partial charge >= 0.3 is 0 Å². The second kappa shape index (κ2) is 19.0. The molecule has 1 aromatic heterocycles. The smallest absolute Gasteiger partial charge is 0.146 e. The van der Waals surface area contributed by atoms with Crippen molar-refractivity contribution in [3.05, 3.63) is 71.1 Å². The predicted molar refractivity (Wildman–Crippen MR) is 247 cm³/mol. The third kappa shape index (κ3) is 9.36. The van der Waals surface area contributed by atoms with Gasteiger partial charge in [-0.05, 0) is 86.3 Å². The third-order valence-corrected chi connectivity index (χ3v) is 32.0. The second-order valence-corrected chi connectivity index (χ2v) is 35.5. The van der Waals surface area contributed by atoms with Crippen LogP contribution >= 0.6 is 0 Å². The molecule has 0 atom stereocenters. The number of hydrogen-bond donors (Lipinski definition) is 0. The molecule has 7 heteroatoms. The molecule has 0 saturated heterocycles. The topological polar surface area (TPSA) is 25.8 Å². The summed E-state index contributed by atoms with van der Waals surface area (Å²) < 4.78 is 30.9. The molecule has 3 rings (SSSR count). The molecule has 0 spiro atoms. The summed E-state index contributed by atoms with van der Waals surface area (Å²) in [6.45, 7) is 41.1. The molecule has 302 valence electrons. The summed E-state index contributed by atoms with van der Waals surface area (Å²) >= 11 is 0. The first-order chi connectivity index (χ1) is 26.0. The molecule has 0 unspecified atom stereocenters. The van der Waals surface area contributed by atoms with E-state index in [-0.39, 0.29) is 11.6 Å². The van der Waals surface area contributed by atoms with Gasteiger partial charge in [0.05, 0.1) is 11.4 Å². The Hall–Kier alpha value is -3.29. The van der Waals surface area contributed by atoms with Gasteiger partial charge < -0.3 is 0 Å². The van der Waals surface area contributed by atoms with Crippen LogP contribution in [0, 0.1) is 46.0 Å². The van der Waals surface area contributed by atoms with Gasteiger partial charge in [0.1, 0.15) is 42.2 Å². The Bertz CT molecular complexity index is 1890. The summed E-state index contributed by atoms with van der Waals surface area (Å²) in [4.78, 5) is 9.58. The molecule has 0 radical (unpaired) electrons. The van der Waals surface area contributed by atoms with Crippen molar-refractivity contribution in [2.24, 2.45) is 0 Å². The lowest BCUT2D eigenvalue weighted by molar-refractivity contribution is 0.627. The van der Waals surface area contributed by atoms with Gasteiger partial charge in [0.15, 0.2) is 0 Å². The molecule has 2 aromatic carbocycles. The van der Waals surface area contributed by atoms with E-state index in [2.05, 4.69) is 159 Å². The van der Waals surface area contributed by atoms with E-state index in [4.69, 9.17) is 9.97 Å². The van der Waals surface area contributed by atoms with Crippen molar-refractivity contribution in [1.82, 2.24) is 9.97 Å². The summed E-state index contributed by atoms with van der Waals surface area (Å²) in [6, 6.07) is 9.79. The van der Waals surface area contributed by atoms with E-state index in [1.54, 1.807) is 24.5 Å². The highest BCUT2D eigenvalue weighted by molar-refractivity contribution is 6.91. The van der Waals surface area contributed by atoms with Crippen LogP contribution in [0.25, 0.3) is 22.5 Å². The fourth-order valence-electron chi connectivity index (χ4n) is 10.4. The van der Waals surface area contributed by atoms with Crippen LogP contribution in [0.15, 0.2) is 42.7 Å². The highest BCUT2D eigenvalue weighted by Gasteiger charge is 2.44. The van der Waals surface area contributed by atoms with Crippen LogP contribution < -0.4 is 0 Å². The van der Waals surface area contributed by atoms with E-state index in [1.165, 1.54) is 12.1 Å².